The number of aryl methyl sites for hydroxylation is 1. The smallest absolute Gasteiger partial charge is 0.274 e. The van der Waals surface area contributed by atoms with Crippen molar-refractivity contribution >= 4 is 34.1 Å². The van der Waals surface area contributed by atoms with E-state index in [1.807, 2.05) is 11.8 Å². The minimum absolute atomic E-state index is 0.109. The quantitative estimate of drug-likeness (QED) is 0.390. The number of amides is 1. The number of hydrogen-bond donors (Lipinski definition) is 1. The molecular formula is C25H22F3N5OS. The van der Waals surface area contributed by atoms with Gasteiger partial charge in [0, 0.05) is 31.3 Å². The van der Waals surface area contributed by atoms with E-state index < -0.39 is 11.6 Å². The number of carbonyl (C=O) groups excluding carboxylic acids is 1. The van der Waals surface area contributed by atoms with E-state index in [0.717, 1.165) is 46.8 Å². The van der Waals surface area contributed by atoms with Crippen LogP contribution < -0.4 is 5.32 Å². The highest BCUT2D eigenvalue weighted by Crippen LogP contribution is 2.32. The summed E-state index contributed by atoms with van der Waals surface area (Å²) in [7, 11) is 0. The first-order valence-electron chi connectivity index (χ1n) is 11.3. The van der Waals surface area contributed by atoms with Crippen molar-refractivity contribution < 1.29 is 18.0 Å². The van der Waals surface area contributed by atoms with Crippen LogP contribution >= 0.6 is 11.3 Å². The maximum absolute atomic E-state index is 13.6. The van der Waals surface area contributed by atoms with Crippen LogP contribution in [0.4, 0.5) is 19.0 Å². The Kier molecular flexibility index (Phi) is 6.38. The molecule has 5 rings (SSSR count). The first kappa shape index (κ1) is 23.2. The van der Waals surface area contributed by atoms with Gasteiger partial charge in [-0.3, -0.25) is 9.78 Å². The molecule has 2 aromatic carbocycles. The molecule has 1 aliphatic rings. The number of nitrogens with zero attached hydrogens (tertiary/aromatic N) is 4. The molecule has 2 aromatic heterocycles. The highest BCUT2D eigenvalue weighted by Gasteiger charge is 2.31. The Morgan fingerprint density at radius 2 is 1.83 bits per heavy atom. The van der Waals surface area contributed by atoms with Crippen molar-refractivity contribution in [1.29, 1.82) is 0 Å². The molecule has 0 bridgehead atoms. The Morgan fingerprint density at radius 1 is 1.09 bits per heavy atom. The van der Waals surface area contributed by atoms with E-state index in [0.29, 0.717) is 24.6 Å². The molecule has 4 aromatic rings. The van der Waals surface area contributed by atoms with Gasteiger partial charge in [0.2, 0.25) is 0 Å². The molecule has 1 atom stereocenters. The number of piperidine rings is 1. The number of carbonyl (C=O) groups is 1. The molecule has 1 amide bonds. The number of hydrogen-bond acceptors (Lipinski definition) is 6. The summed E-state index contributed by atoms with van der Waals surface area (Å²) in [6, 6.07) is 7.97. The van der Waals surface area contributed by atoms with Gasteiger partial charge in [-0.2, -0.15) is 0 Å². The van der Waals surface area contributed by atoms with Gasteiger partial charge in [0.25, 0.3) is 5.91 Å². The largest absolute Gasteiger partial charge is 0.367 e. The van der Waals surface area contributed by atoms with E-state index in [2.05, 4.69) is 20.3 Å². The van der Waals surface area contributed by atoms with Gasteiger partial charge in [-0.25, -0.2) is 23.1 Å². The second-order valence-electron chi connectivity index (χ2n) is 8.46. The Morgan fingerprint density at radius 3 is 2.60 bits per heavy atom. The van der Waals surface area contributed by atoms with Crippen molar-refractivity contribution in [2.45, 2.75) is 32.2 Å². The van der Waals surface area contributed by atoms with Crippen LogP contribution in [0.3, 0.4) is 0 Å². The maximum atomic E-state index is 13.6. The Labute approximate surface area is 203 Å². The molecular weight excluding hydrogens is 475 g/mol. The Hall–Kier alpha value is -3.53. The molecule has 0 radical (unpaired) electrons. The van der Waals surface area contributed by atoms with E-state index in [1.165, 1.54) is 29.7 Å². The van der Waals surface area contributed by atoms with Crippen molar-refractivity contribution in [2.75, 3.05) is 18.4 Å². The lowest BCUT2D eigenvalue weighted by Gasteiger charge is -2.35. The van der Waals surface area contributed by atoms with Crippen LogP contribution in [0.15, 0.2) is 42.6 Å². The zero-order chi connectivity index (χ0) is 24.5. The summed E-state index contributed by atoms with van der Waals surface area (Å²) in [5, 5.41) is 3.95. The minimum atomic E-state index is -0.983. The van der Waals surface area contributed by atoms with Crippen molar-refractivity contribution in [1.82, 2.24) is 19.9 Å². The van der Waals surface area contributed by atoms with Gasteiger partial charge in [0.1, 0.15) is 17.3 Å². The van der Waals surface area contributed by atoms with E-state index >= 15 is 0 Å². The molecule has 0 aliphatic carbocycles. The number of benzene rings is 2. The summed E-state index contributed by atoms with van der Waals surface area (Å²) in [5.74, 6) is -2.04. The fraction of sp³-hybridized carbons (Fsp3) is 0.280. The summed E-state index contributed by atoms with van der Waals surface area (Å²) in [5.41, 5.74) is 1.62. The van der Waals surface area contributed by atoms with Crippen molar-refractivity contribution in [3.63, 3.8) is 0 Å². The lowest BCUT2D eigenvalue weighted by Crippen LogP contribution is -2.47. The SMILES string of the molecule is Cc1nc(C(=O)N2CCCC[C@H]2CNc2cnc3cc(F)c(F)cc3n2)c(-c2ccc(F)cc2)s1. The highest BCUT2D eigenvalue weighted by molar-refractivity contribution is 7.15. The zero-order valence-electron chi connectivity index (χ0n) is 18.9. The molecule has 1 aliphatic heterocycles. The summed E-state index contributed by atoms with van der Waals surface area (Å²) < 4.78 is 40.5. The van der Waals surface area contributed by atoms with Gasteiger partial charge in [0.05, 0.1) is 27.1 Å². The van der Waals surface area contributed by atoms with Crippen LogP contribution in [0.25, 0.3) is 21.5 Å². The maximum Gasteiger partial charge on any atom is 0.274 e. The summed E-state index contributed by atoms with van der Waals surface area (Å²) in [6.45, 7) is 2.86. The molecule has 6 nitrogen and oxygen atoms in total. The standard InChI is InChI=1S/C25H22F3N5OS/c1-14-31-23(24(35-14)15-5-7-16(26)8-6-15)25(34)33-9-3-2-4-17(33)12-30-22-13-29-20-10-18(27)19(28)11-21(20)32-22/h5-8,10-11,13,17H,2-4,9,12H2,1H3,(H,30,32)/t17-/m0/s1. The molecule has 1 fully saturated rings. The number of thiazole rings is 1. The topological polar surface area (TPSA) is 71.0 Å². The average molecular weight is 498 g/mol. The van der Waals surface area contributed by atoms with Gasteiger partial charge in [-0.1, -0.05) is 12.1 Å². The van der Waals surface area contributed by atoms with Crippen LogP contribution in [-0.2, 0) is 0 Å². The lowest BCUT2D eigenvalue weighted by molar-refractivity contribution is 0.0623. The molecule has 0 unspecified atom stereocenters. The predicted molar refractivity (Wildman–Crippen MR) is 129 cm³/mol. The number of aromatic nitrogens is 3. The number of likely N-dealkylation sites (tertiary alicyclic amines) is 1. The third kappa shape index (κ3) is 4.84. The van der Waals surface area contributed by atoms with E-state index in [1.54, 1.807) is 12.1 Å². The second-order valence-corrected chi connectivity index (χ2v) is 9.66. The van der Waals surface area contributed by atoms with Crippen LogP contribution in [0.5, 0.6) is 0 Å². The van der Waals surface area contributed by atoms with Crippen LogP contribution in [0.2, 0.25) is 0 Å². The second kappa shape index (κ2) is 9.61. The highest BCUT2D eigenvalue weighted by atomic mass is 32.1. The minimum Gasteiger partial charge on any atom is -0.367 e. The van der Waals surface area contributed by atoms with E-state index in [4.69, 9.17) is 0 Å². The van der Waals surface area contributed by atoms with Gasteiger partial charge < -0.3 is 10.2 Å². The normalized spacial score (nSPS) is 16.0. The number of halogens is 3. The number of anilines is 1. The molecule has 10 heteroatoms. The number of rotatable bonds is 5. The monoisotopic (exact) mass is 497 g/mol. The summed E-state index contributed by atoms with van der Waals surface area (Å²) >= 11 is 1.41. The molecule has 35 heavy (non-hydrogen) atoms. The molecule has 3 heterocycles. The van der Waals surface area contributed by atoms with Gasteiger partial charge in [-0.15, -0.1) is 11.3 Å². The van der Waals surface area contributed by atoms with Crippen LogP contribution in [0.1, 0.15) is 34.8 Å². The van der Waals surface area contributed by atoms with Gasteiger partial charge in [0.15, 0.2) is 11.6 Å². The average Bonchev–Trinajstić information content (AvgIpc) is 3.25. The van der Waals surface area contributed by atoms with Crippen LogP contribution in [-0.4, -0.2) is 44.9 Å². The molecule has 1 N–H and O–H groups in total. The Bertz CT molecular complexity index is 1390. The Balaban J connectivity index is 1.36. The molecule has 0 saturated carbocycles. The van der Waals surface area contributed by atoms with Crippen molar-refractivity contribution in [2.24, 2.45) is 0 Å². The third-order valence-electron chi connectivity index (χ3n) is 6.03. The lowest BCUT2D eigenvalue weighted by atomic mass is 10.0. The fourth-order valence-corrected chi connectivity index (χ4v) is 5.22. The predicted octanol–water partition coefficient (Wildman–Crippen LogP) is 5.59. The molecule has 0 spiro atoms. The zero-order valence-corrected chi connectivity index (χ0v) is 19.7. The third-order valence-corrected chi connectivity index (χ3v) is 7.05. The number of fused-ring (bicyclic) bond motifs is 1. The number of nitrogens with one attached hydrogen (secondary N) is 1. The van der Waals surface area contributed by atoms with Crippen LogP contribution in [0, 0.1) is 24.4 Å². The van der Waals surface area contributed by atoms with E-state index in [9.17, 15) is 18.0 Å². The fourth-order valence-electron chi connectivity index (χ4n) is 4.30. The summed E-state index contributed by atoms with van der Waals surface area (Å²) in [4.78, 5) is 29.1. The van der Waals surface area contributed by atoms with Gasteiger partial charge >= 0.3 is 0 Å². The van der Waals surface area contributed by atoms with Crippen molar-refractivity contribution in [3.05, 3.63) is 70.7 Å². The molecule has 180 valence electrons. The van der Waals surface area contributed by atoms with E-state index in [-0.39, 0.29) is 28.8 Å². The molecule has 1 saturated heterocycles. The summed E-state index contributed by atoms with van der Waals surface area (Å²) in [6.07, 6.45) is 4.13. The van der Waals surface area contributed by atoms with Crippen molar-refractivity contribution in [3.8, 4) is 10.4 Å². The van der Waals surface area contributed by atoms with Gasteiger partial charge in [-0.05, 0) is 43.9 Å². The first-order valence-corrected chi connectivity index (χ1v) is 12.1. The first-order chi connectivity index (χ1) is 16.9.